The SMILES string of the molecule is O=C(c1cn[nH]c1)N1CCCC2(CCc3c2nc(N2CCOCC2)[nH]c3=O)C1. The Labute approximate surface area is 162 Å². The molecule has 2 fully saturated rings. The van der Waals surface area contributed by atoms with E-state index in [1.54, 1.807) is 12.4 Å². The quantitative estimate of drug-likeness (QED) is 0.779. The lowest BCUT2D eigenvalue weighted by Gasteiger charge is -2.40. The van der Waals surface area contributed by atoms with Gasteiger partial charge in [0.15, 0.2) is 0 Å². The van der Waals surface area contributed by atoms with Gasteiger partial charge in [-0.25, -0.2) is 4.98 Å². The van der Waals surface area contributed by atoms with E-state index in [9.17, 15) is 9.59 Å². The van der Waals surface area contributed by atoms with Crippen LogP contribution in [0.5, 0.6) is 0 Å². The minimum atomic E-state index is -0.234. The molecule has 0 aromatic carbocycles. The van der Waals surface area contributed by atoms with Gasteiger partial charge in [0.2, 0.25) is 5.95 Å². The van der Waals surface area contributed by atoms with Gasteiger partial charge < -0.3 is 14.5 Å². The number of piperidine rings is 1. The maximum atomic E-state index is 12.8. The Bertz CT molecular complexity index is 934. The topological polar surface area (TPSA) is 107 Å². The number of nitrogens with zero attached hydrogens (tertiary/aromatic N) is 4. The van der Waals surface area contributed by atoms with Crippen molar-refractivity contribution >= 4 is 11.9 Å². The van der Waals surface area contributed by atoms with Crippen molar-refractivity contribution in [2.45, 2.75) is 31.1 Å². The van der Waals surface area contributed by atoms with E-state index in [4.69, 9.17) is 9.72 Å². The zero-order valence-corrected chi connectivity index (χ0v) is 15.7. The Morgan fingerprint density at radius 2 is 2.07 bits per heavy atom. The van der Waals surface area contributed by atoms with Crippen molar-refractivity contribution < 1.29 is 9.53 Å². The molecule has 3 aliphatic rings. The van der Waals surface area contributed by atoms with Crippen LogP contribution in [0.1, 0.15) is 40.9 Å². The number of aromatic amines is 2. The lowest BCUT2D eigenvalue weighted by molar-refractivity contribution is 0.0633. The molecule has 2 N–H and O–H groups in total. The highest BCUT2D eigenvalue weighted by Gasteiger charge is 2.46. The standard InChI is InChI=1S/C19H24N6O3/c26-16-14-2-4-19(15(14)22-18(23-16)24-6-8-28-9-7-24)3-1-5-25(12-19)17(27)13-10-20-21-11-13/h10-11H,1-9,12H2,(H,20,21)(H,22,23,26). The summed E-state index contributed by atoms with van der Waals surface area (Å²) in [6.45, 7) is 4.04. The van der Waals surface area contributed by atoms with Crippen molar-refractivity contribution in [2.24, 2.45) is 0 Å². The summed E-state index contributed by atoms with van der Waals surface area (Å²) in [6.07, 6.45) is 6.63. The van der Waals surface area contributed by atoms with Gasteiger partial charge in [-0.2, -0.15) is 5.10 Å². The van der Waals surface area contributed by atoms with E-state index in [1.165, 1.54) is 0 Å². The number of carbonyl (C=O) groups excluding carboxylic acids is 1. The van der Waals surface area contributed by atoms with Crippen molar-refractivity contribution in [1.82, 2.24) is 25.1 Å². The number of aromatic nitrogens is 4. The van der Waals surface area contributed by atoms with Crippen LogP contribution in [-0.2, 0) is 16.6 Å². The summed E-state index contributed by atoms with van der Waals surface area (Å²) in [5.41, 5.74) is 1.98. The molecule has 1 unspecified atom stereocenters. The van der Waals surface area contributed by atoms with E-state index in [0.717, 1.165) is 56.6 Å². The summed E-state index contributed by atoms with van der Waals surface area (Å²) < 4.78 is 5.42. The lowest BCUT2D eigenvalue weighted by Crippen LogP contribution is -2.48. The number of amides is 1. The fourth-order valence-corrected chi connectivity index (χ4v) is 4.82. The third-order valence-corrected chi connectivity index (χ3v) is 6.28. The molecule has 1 aliphatic carbocycles. The fourth-order valence-electron chi connectivity index (χ4n) is 4.82. The molecule has 28 heavy (non-hydrogen) atoms. The average molecular weight is 384 g/mol. The Hall–Kier alpha value is -2.68. The van der Waals surface area contributed by atoms with Crippen LogP contribution in [0.4, 0.5) is 5.95 Å². The predicted molar refractivity (Wildman–Crippen MR) is 102 cm³/mol. The second kappa shape index (κ2) is 6.73. The van der Waals surface area contributed by atoms with E-state index in [0.29, 0.717) is 31.3 Å². The first-order valence-corrected chi connectivity index (χ1v) is 9.91. The highest BCUT2D eigenvalue weighted by molar-refractivity contribution is 5.93. The average Bonchev–Trinajstić information content (AvgIpc) is 3.38. The number of morpholine rings is 1. The molecule has 4 heterocycles. The first-order valence-electron chi connectivity index (χ1n) is 9.91. The normalized spacial score (nSPS) is 24.6. The van der Waals surface area contributed by atoms with Crippen LogP contribution in [0, 0.1) is 0 Å². The van der Waals surface area contributed by atoms with Gasteiger partial charge in [-0.3, -0.25) is 19.7 Å². The summed E-state index contributed by atoms with van der Waals surface area (Å²) in [5, 5.41) is 6.60. The molecule has 2 saturated heterocycles. The van der Waals surface area contributed by atoms with Gasteiger partial charge in [0.1, 0.15) is 0 Å². The molecule has 5 rings (SSSR count). The Kier molecular flexibility index (Phi) is 4.19. The summed E-state index contributed by atoms with van der Waals surface area (Å²) in [6, 6.07) is 0. The zero-order valence-electron chi connectivity index (χ0n) is 15.7. The summed E-state index contributed by atoms with van der Waals surface area (Å²) in [5.74, 6) is 0.617. The minimum Gasteiger partial charge on any atom is -0.378 e. The Morgan fingerprint density at radius 1 is 1.21 bits per heavy atom. The van der Waals surface area contributed by atoms with Crippen molar-refractivity contribution in [1.29, 1.82) is 0 Å². The maximum absolute atomic E-state index is 12.8. The van der Waals surface area contributed by atoms with Gasteiger partial charge in [0.25, 0.3) is 11.5 Å². The molecule has 0 saturated carbocycles. The molecular weight excluding hydrogens is 360 g/mol. The summed E-state index contributed by atoms with van der Waals surface area (Å²) >= 11 is 0. The van der Waals surface area contributed by atoms with Crippen molar-refractivity contribution in [3.63, 3.8) is 0 Å². The largest absolute Gasteiger partial charge is 0.378 e. The maximum Gasteiger partial charge on any atom is 0.257 e. The second-order valence-electron chi connectivity index (χ2n) is 7.91. The van der Waals surface area contributed by atoms with Crippen LogP contribution >= 0.6 is 0 Å². The van der Waals surface area contributed by atoms with E-state index >= 15 is 0 Å². The highest BCUT2D eigenvalue weighted by atomic mass is 16.5. The number of hydrogen-bond donors (Lipinski definition) is 2. The molecule has 148 valence electrons. The van der Waals surface area contributed by atoms with Crippen LogP contribution in [0.3, 0.4) is 0 Å². The van der Waals surface area contributed by atoms with E-state index < -0.39 is 0 Å². The van der Waals surface area contributed by atoms with Crippen molar-refractivity contribution in [2.75, 3.05) is 44.3 Å². The number of carbonyl (C=O) groups is 1. The number of hydrogen-bond acceptors (Lipinski definition) is 6. The molecular formula is C19H24N6O3. The van der Waals surface area contributed by atoms with E-state index in [1.807, 2.05) is 4.90 Å². The fraction of sp³-hybridized carbons (Fsp3) is 0.579. The third-order valence-electron chi connectivity index (χ3n) is 6.28. The minimum absolute atomic E-state index is 0.0143. The van der Waals surface area contributed by atoms with Crippen LogP contribution in [0.15, 0.2) is 17.2 Å². The number of fused-ring (bicyclic) bond motifs is 2. The molecule has 2 aromatic rings. The van der Waals surface area contributed by atoms with E-state index in [-0.39, 0.29) is 16.9 Å². The van der Waals surface area contributed by atoms with Crippen molar-refractivity contribution in [3.8, 4) is 0 Å². The van der Waals surface area contributed by atoms with E-state index in [2.05, 4.69) is 20.1 Å². The molecule has 0 radical (unpaired) electrons. The van der Waals surface area contributed by atoms with Gasteiger partial charge in [0, 0.05) is 43.4 Å². The van der Waals surface area contributed by atoms with Crippen LogP contribution in [0.2, 0.25) is 0 Å². The van der Waals surface area contributed by atoms with Crippen LogP contribution in [-0.4, -0.2) is 70.4 Å². The predicted octanol–water partition coefficient (Wildman–Crippen LogP) is 0.450. The third kappa shape index (κ3) is 2.81. The monoisotopic (exact) mass is 384 g/mol. The molecule has 2 aromatic heterocycles. The smallest absolute Gasteiger partial charge is 0.257 e. The molecule has 9 nitrogen and oxygen atoms in total. The number of ether oxygens (including phenoxy) is 1. The molecule has 0 bridgehead atoms. The van der Waals surface area contributed by atoms with Gasteiger partial charge in [-0.1, -0.05) is 0 Å². The highest BCUT2D eigenvalue weighted by Crippen LogP contribution is 2.43. The number of rotatable bonds is 2. The first-order chi connectivity index (χ1) is 13.7. The molecule has 9 heteroatoms. The van der Waals surface area contributed by atoms with Crippen LogP contribution < -0.4 is 10.5 Å². The van der Waals surface area contributed by atoms with Gasteiger partial charge in [0.05, 0.1) is 30.7 Å². The molecule has 2 aliphatic heterocycles. The number of nitrogens with one attached hydrogen (secondary N) is 2. The summed E-state index contributed by atoms with van der Waals surface area (Å²) in [4.78, 5) is 37.5. The number of H-pyrrole nitrogens is 2. The molecule has 1 spiro atoms. The lowest BCUT2D eigenvalue weighted by atomic mass is 9.77. The van der Waals surface area contributed by atoms with Gasteiger partial charge in [-0.05, 0) is 25.7 Å². The first kappa shape index (κ1) is 17.4. The zero-order chi connectivity index (χ0) is 19.1. The van der Waals surface area contributed by atoms with Crippen molar-refractivity contribution in [3.05, 3.63) is 39.6 Å². The Morgan fingerprint density at radius 3 is 2.86 bits per heavy atom. The summed E-state index contributed by atoms with van der Waals surface area (Å²) in [7, 11) is 0. The Balaban J connectivity index is 1.48. The van der Waals surface area contributed by atoms with Gasteiger partial charge >= 0.3 is 0 Å². The van der Waals surface area contributed by atoms with Crippen LogP contribution in [0.25, 0.3) is 0 Å². The molecule has 1 amide bonds. The number of anilines is 1. The molecule has 1 atom stereocenters. The number of likely N-dealkylation sites (tertiary alicyclic amines) is 1. The second-order valence-corrected chi connectivity index (χ2v) is 7.91. The van der Waals surface area contributed by atoms with Gasteiger partial charge in [-0.15, -0.1) is 0 Å².